The van der Waals surface area contributed by atoms with E-state index in [9.17, 15) is 5.11 Å². The normalized spacial score (nSPS) is 12.1. The van der Waals surface area contributed by atoms with Gasteiger partial charge in [0, 0.05) is 0 Å². The summed E-state index contributed by atoms with van der Waals surface area (Å²) < 4.78 is 5.51. The number of aliphatic hydroxyl groups is 1. The second-order valence-electron chi connectivity index (χ2n) is 4.22. The molecule has 0 heterocycles. The average molecular weight is 248 g/mol. The van der Waals surface area contributed by atoms with Crippen LogP contribution < -0.4 is 9.64 Å². The molecular weight excluding hydrogens is 226 g/mol. The van der Waals surface area contributed by atoms with Crippen LogP contribution in [-0.2, 0) is 0 Å². The summed E-state index contributed by atoms with van der Waals surface area (Å²) in [5, 5.41) is 9.92. The molecular formula is C15H22NO2+. The van der Waals surface area contributed by atoms with Crippen molar-refractivity contribution in [2.45, 2.75) is 6.10 Å². The first-order valence-electron chi connectivity index (χ1n) is 6.17. The monoisotopic (exact) mass is 248 g/mol. The Morgan fingerprint density at radius 1 is 1.17 bits per heavy atom. The molecule has 2 N–H and O–H groups in total. The van der Waals surface area contributed by atoms with Crippen molar-refractivity contribution in [1.82, 2.24) is 0 Å². The Bertz CT molecular complexity index is 341. The first-order chi connectivity index (χ1) is 8.76. The molecule has 98 valence electrons. The van der Waals surface area contributed by atoms with Crippen LogP contribution in [0.4, 0.5) is 0 Å². The fourth-order valence-corrected chi connectivity index (χ4v) is 1.76. The van der Waals surface area contributed by atoms with Crippen molar-refractivity contribution in [2.24, 2.45) is 0 Å². The average Bonchev–Trinajstić information content (AvgIpc) is 2.38. The maximum Gasteiger partial charge on any atom is 0.137 e. The lowest BCUT2D eigenvalue weighted by atomic mass is 10.3. The molecule has 0 aliphatic carbocycles. The highest BCUT2D eigenvalue weighted by Gasteiger charge is 2.13. The molecule has 0 aliphatic rings. The number of nitrogens with one attached hydrogen (secondary N) is 1. The maximum atomic E-state index is 9.92. The standard InChI is InChI=1S/C15H21NO2/c1-3-10-16(11-4-2)12-14(17)13-18-15-8-6-5-7-9-15/h3-9,14,17H,1-2,10-13H2/p+1/t14-/m0/s1. The van der Waals surface area contributed by atoms with E-state index < -0.39 is 6.10 Å². The predicted molar refractivity (Wildman–Crippen MR) is 73.9 cm³/mol. The van der Waals surface area contributed by atoms with E-state index in [-0.39, 0.29) is 0 Å². The molecule has 0 spiro atoms. The minimum absolute atomic E-state index is 0.307. The minimum Gasteiger partial charge on any atom is -0.491 e. The third-order valence-corrected chi connectivity index (χ3v) is 2.58. The molecule has 0 bridgehead atoms. The highest BCUT2D eigenvalue weighted by atomic mass is 16.5. The summed E-state index contributed by atoms with van der Waals surface area (Å²) in [7, 11) is 0. The smallest absolute Gasteiger partial charge is 0.137 e. The lowest BCUT2D eigenvalue weighted by Gasteiger charge is -2.19. The Morgan fingerprint density at radius 3 is 2.33 bits per heavy atom. The number of benzene rings is 1. The van der Waals surface area contributed by atoms with Gasteiger partial charge in [0.2, 0.25) is 0 Å². The number of rotatable bonds is 9. The van der Waals surface area contributed by atoms with E-state index in [1.807, 2.05) is 42.5 Å². The third kappa shape index (κ3) is 5.66. The molecule has 0 saturated carbocycles. The highest BCUT2D eigenvalue weighted by Crippen LogP contribution is 2.08. The largest absolute Gasteiger partial charge is 0.491 e. The SMILES string of the molecule is C=CC[NH+](CC=C)C[C@H](O)COc1ccccc1. The van der Waals surface area contributed by atoms with Crippen LogP contribution in [-0.4, -0.2) is 37.5 Å². The lowest BCUT2D eigenvalue weighted by Crippen LogP contribution is -3.12. The van der Waals surface area contributed by atoms with E-state index in [1.165, 1.54) is 4.90 Å². The first kappa shape index (κ1) is 14.5. The molecule has 1 atom stereocenters. The van der Waals surface area contributed by atoms with E-state index in [1.54, 1.807) is 0 Å². The topological polar surface area (TPSA) is 33.9 Å². The van der Waals surface area contributed by atoms with Crippen LogP contribution in [0.1, 0.15) is 0 Å². The number of hydrogen-bond acceptors (Lipinski definition) is 2. The number of aliphatic hydroxyl groups excluding tert-OH is 1. The van der Waals surface area contributed by atoms with E-state index in [4.69, 9.17) is 4.74 Å². The Kier molecular flexibility index (Phi) is 6.84. The van der Waals surface area contributed by atoms with Crippen molar-refractivity contribution >= 4 is 0 Å². The Hall–Kier alpha value is -1.58. The number of quaternary nitrogens is 1. The molecule has 1 aromatic rings. The van der Waals surface area contributed by atoms with Gasteiger partial charge in [-0.05, 0) is 24.3 Å². The van der Waals surface area contributed by atoms with Gasteiger partial charge in [0.05, 0.1) is 13.1 Å². The van der Waals surface area contributed by atoms with Crippen molar-refractivity contribution < 1.29 is 14.7 Å². The minimum atomic E-state index is -0.486. The van der Waals surface area contributed by atoms with Gasteiger partial charge in [-0.15, -0.1) is 0 Å². The zero-order valence-electron chi connectivity index (χ0n) is 10.7. The van der Waals surface area contributed by atoms with Crippen LogP contribution in [0.3, 0.4) is 0 Å². The van der Waals surface area contributed by atoms with E-state index >= 15 is 0 Å². The molecule has 0 radical (unpaired) electrons. The van der Waals surface area contributed by atoms with Crippen molar-refractivity contribution in [3.63, 3.8) is 0 Å². The molecule has 0 saturated heterocycles. The summed E-state index contributed by atoms with van der Waals surface area (Å²) in [5.41, 5.74) is 0. The van der Waals surface area contributed by atoms with Crippen molar-refractivity contribution in [3.8, 4) is 5.75 Å². The van der Waals surface area contributed by atoms with Gasteiger partial charge in [-0.25, -0.2) is 0 Å². The van der Waals surface area contributed by atoms with E-state index in [2.05, 4.69) is 13.2 Å². The highest BCUT2D eigenvalue weighted by molar-refractivity contribution is 5.20. The van der Waals surface area contributed by atoms with Crippen LogP contribution in [0.2, 0.25) is 0 Å². The summed E-state index contributed by atoms with van der Waals surface area (Å²) in [6.07, 6.45) is 3.22. The van der Waals surface area contributed by atoms with Gasteiger partial charge in [0.15, 0.2) is 0 Å². The molecule has 0 aliphatic heterocycles. The van der Waals surface area contributed by atoms with Gasteiger partial charge in [-0.1, -0.05) is 31.4 Å². The molecule has 0 amide bonds. The molecule has 18 heavy (non-hydrogen) atoms. The van der Waals surface area contributed by atoms with Crippen molar-refractivity contribution in [2.75, 3.05) is 26.2 Å². The predicted octanol–water partition coefficient (Wildman–Crippen LogP) is 0.683. The summed E-state index contributed by atoms with van der Waals surface area (Å²) >= 11 is 0. The molecule has 3 nitrogen and oxygen atoms in total. The van der Waals surface area contributed by atoms with Crippen molar-refractivity contribution in [3.05, 3.63) is 55.6 Å². The van der Waals surface area contributed by atoms with Crippen LogP contribution in [0, 0.1) is 0 Å². The number of ether oxygens (including phenoxy) is 1. The van der Waals surface area contributed by atoms with Gasteiger partial charge in [0.1, 0.15) is 25.0 Å². The second-order valence-corrected chi connectivity index (χ2v) is 4.22. The van der Waals surface area contributed by atoms with Crippen molar-refractivity contribution in [1.29, 1.82) is 0 Å². The van der Waals surface area contributed by atoms with Gasteiger partial charge >= 0.3 is 0 Å². The molecule has 1 rings (SSSR count). The molecule has 0 fully saturated rings. The summed E-state index contributed by atoms with van der Waals surface area (Å²) in [5.74, 6) is 0.783. The molecule has 3 heteroatoms. The van der Waals surface area contributed by atoms with Gasteiger partial charge in [-0.2, -0.15) is 0 Å². The Labute approximate surface area is 109 Å². The van der Waals surface area contributed by atoms with Gasteiger partial charge in [0.25, 0.3) is 0 Å². The van der Waals surface area contributed by atoms with Crippen LogP contribution in [0.5, 0.6) is 5.75 Å². The zero-order chi connectivity index (χ0) is 13.2. The summed E-state index contributed by atoms with van der Waals surface area (Å²) in [6.45, 7) is 10.00. The molecule has 0 aromatic heterocycles. The summed E-state index contributed by atoms with van der Waals surface area (Å²) in [4.78, 5) is 1.23. The lowest BCUT2D eigenvalue weighted by molar-refractivity contribution is -0.891. The van der Waals surface area contributed by atoms with E-state index in [0.717, 1.165) is 18.8 Å². The fourth-order valence-electron chi connectivity index (χ4n) is 1.76. The van der Waals surface area contributed by atoms with Gasteiger partial charge < -0.3 is 14.7 Å². The van der Waals surface area contributed by atoms with Crippen LogP contribution >= 0.6 is 0 Å². The summed E-state index contributed by atoms with van der Waals surface area (Å²) in [6, 6.07) is 9.52. The quantitative estimate of drug-likeness (QED) is 0.630. The number of para-hydroxylation sites is 1. The Balaban J connectivity index is 2.33. The van der Waals surface area contributed by atoms with Crippen LogP contribution in [0.25, 0.3) is 0 Å². The fraction of sp³-hybridized carbons (Fsp3) is 0.333. The Morgan fingerprint density at radius 2 is 1.78 bits per heavy atom. The zero-order valence-corrected chi connectivity index (χ0v) is 10.7. The molecule has 0 unspecified atom stereocenters. The van der Waals surface area contributed by atoms with Crippen LogP contribution in [0.15, 0.2) is 55.6 Å². The molecule has 1 aromatic carbocycles. The maximum absolute atomic E-state index is 9.92. The van der Waals surface area contributed by atoms with Gasteiger partial charge in [-0.3, -0.25) is 0 Å². The second kappa shape index (κ2) is 8.50. The van der Waals surface area contributed by atoms with E-state index in [0.29, 0.717) is 13.2 Å². The third-order valence-electron chi connectivity index (χ3n) is 2.58. The number of hydrogen-bond donors (Lipinski definition) is 2. The first-order valence-corrected chi connectivity index (χ1v) is 6.17.